The number of halogens is 1. The maximum Gasteiger partial charge on any atom is 0.00889 e. The molecule has 0 spiro atoms. The molecule has 0 aliphatic carbocycles. The van der Waals surface area contributed by atoms with Gasteiger partial charge in [0.25, 0.3) is 0 Å². The minimum atomic E-state index is 0. The van der Waals surface area contributed by atoms with Crippen molar-refractivity contribution in [3.8, 4) is 0 Å². The second-order valence-corrected chi connectivity index (χ2v) is 6.07. The third-order valence-electron chi connectivity index (χ3n) is 3.60. The smallest absolute Gasteiger partial charge is 0.00889 e. The molecular formula is C11H23ClN2S. The van der Waals surface area contributed by atoms with Crippen LogP contribution < -0.4 is 5.73 Å². The van der Waals surface area contributed by atoms with Gasteiger partial charge in [-0.3, -0.25) is 0 Å². The first-order valence-electron chi connectivity index (χ1n) is 5.81. The van der Waals surface area contributed by atoms with Crippen LogP contribution in [0.3, 0.4) is 0 Å². The molecule has 3 unspecified atom stereocenters. The first-order chi connectivity index (χ1) is 6.75. The Bertz CT molecular complexity index is 185. The van der Waals surface area contributed by atoms with Crippen molar-refractivity contribution in [1.29, 1.82) is 0 Å². The molecule has 15 heavy (non-hydrogen) atoms. The summed E-state index contributed by atoms with van der Waals surface area (Å²) in [4.78, 5) is 2.63. The van der Waals surface area contributed by atoms with E-state index in [1.54, 1.807) is 0 Å². The lowest BCUT2D eigenvalue weighted by Gasteiger charge is -2.36. The van der Waals surface area contributed by atoms with Crippen LogP contribution >= 0.6 is 24.2 Å². The fraction of sp³-hybridized carbons (Fsp3) is 1.00. The summed E-state index contributed by atoms with van der Waals surface area (Å²) in [7, 11) is 0. The number of hydrogen-bond acceptors (Lipinski definition) is 3. The van der Waals surface area contributed by atoms with Gasteiger partial charge < -0.3 is 10.6 Å². The number of piperidine rings is 1. The third kappa shape index (κ3) is 3.81. The van der Waals surface area contributed by atoms with Crippen LogP contribution in [-0.4, -0.2) is 42.1 Å². The Morgan fingerprint density at radius 1 is 1.40 bits per heavy atom. The summed E-state index contributed by atoms with van der Waals surface area (Å²) in [6.45, 7) is 6.07. The number of rotatable bonds is 2. The molecule has 0 amide bonds. The summed E-state index contributed by atoms with van der Waals surface area (Å²) < 4.78 is 0. The van der Waals surface area contributed by atoms with Crippen molar-refractivity contribution >= 4 is 24.2 Å². The van der Waals surface area contributed by atoms with Gasteiger partial charge in [0, 0.05) is 19.1 Å². The van der Waals surface area contributed by atoms with E-state index in [4.69, 9.17) is 5.73 Å². The van der Waals surface area contributed by atoms with Crippen LogP contribution in [0.4, 0.5) is 0 Å². The molecule has 0 saturated carbocycles. The highest BCUT2D eigenvalue weighted by Gasteiger charge is 2.25. The average Bonchev–Trinajstić information content (AvgIpc) is 2.64. The minimum Gasteiger partial charge on any atom is -0.327 e. The van der Waals surface area contributed by atoms with Crippen LogP contribution in [-0.2, 0) is 0 Å². The van der Waals surface area contributed by atoms with Crippen LogP contribution in [0.25, 0.3) is 0 Å². The van der Waals surface area contributed by atoms with Crippen molar-refractivity contribution in [2.24, 2.45) is 17.6 Å². The van der Waals surface area contributed by atoms with Gasteiger partial charge in [0.2, 0.25) is 0 Å². The standard InChI is InChI=1S/C11H22N2S.ClH/c1-9-6-13(4-2-11(9)12)7-10-3-5-14-8-10;/h9-11H,2-8,12H2,1H3;1H. The van der Waals surface area contributed by atoms with Gasteiger partial charge in [-0.2, -0.15) is 11.8 Å². The Kier molecular flexibility index (Phi) is 5.75. The molecule has 0 radical (unpaired) electrons. The fourth-order valence-electron chi connectivity index (χ4n) is 2.51. The highest BCUT2D eigenvalue weighted by Crippen LogP contribution is 2.25. The van der Waals surface area contributed by atoms with Crippen LogP contribution in [0, 0.1) is 11.8 Å². The fourth-order valence-corrected chi connectivity index (χ4v) is 3.78. The van der Waals surface area contributed by atoms with E-state index in [2.05, 4.69) is 23.6 Å². The molecule has 0 aromatic rings. The first-order valence-corrected chi connectivity index (χ1v) is 6.97. The first kappa shape index (κ1) is 13.6. The second kappa shape index (κ2) is 6.33. The van der Waals surface area contributed by atoms with E-state index in [0.717, 1.165) is 5.92 Å². The van der Waals surface area contributed by atoms with Crippen molar-refractivity contribution in [3.05, 3.63) is 0 Å². The molecule has 0 aromatic heterocycles. The van der Waals surface area contributed by atoms with E-state index in [1.165, 1.54) is 44.0 Å². The van der Waals surface area contributed by atoms with Crippen LogP contribution in [0.15, 0.2) is 0 Å². The summed E-state index contributed by atoms with van der Waals surface area (Å²) in [6, 6.07) is 0.448. The Morgan fingerprint density at radius 2 is 2.20 bits per heavy atom. The summed E-state index contributed by atoms with van der Waals surface area (Å²) >= 11 is 2.12. The maximum absolute atomic E-state index is 6.02. The predicted molar refractivity (Wildman–Crippen MR) is 70.9 cm³/mol. The number of nitrogens with zero attached hydrogens (tertiary/aromatic N) is 1. The largest absolute Gasteiger partial charge is 0.327 e. The van der Waals surface area contributed by atoms with Gasteiger partial charge in [0.05, 0.1) is 0 Å². The molecule has 0 bridgehead atoms. The maximum atomic E-state index is 6.02. The molecule has 2 nitrogen and oxygen atoms in total. The molecule has 4 heteroatoms. The average molecular weight is 251 g/mol. The van der Waals surface area contributed by atoms with Crippen molar-refractivity contribution < 1.29 is 0 Å². The van der Waals surface area contributed by atoms with E-state index < -0.39 is 0 Å². The van der Waals surface area contributed by atoms with Gasteiger partial charge >= 0.3 is 0 Å². The Labute approximate surface area is 104 Å². The molecule has 2 saturated heterocycles. The quantitative estimate of drug-likeness (QED) is 0.811. The molecule has 2 rings (SSSR count). The van der Waals surface area contributed by atoms with Crippen LogP contribution in [0.2, 0.25) is 0 Å². The molecule has 0 aromatic carbocycles. The van der Waals surface area contributed by atoms with Gasteiger partial charge in [0.15, 0.2) is 0 Å². The molecule has 2 aliphatic heterocycles. The molecular weight excluding hydrogens is 228 g/mol. The predicted octanol–water partition coefficient (Wildman–Crippen LogP) is 1.83. The van der Waals surface area contributed by atoms with Gasteiger partial charge in [0.1, 0.15) is 0 Å². The number of nitrogens with two attached hydrogens (primary N) is 1. The van der Waals surface area contributed by atoms with E-state index in [-0.39, 0.29) is 12.4 Å². The van der Waals surface area contributed by atoms with E-state index in [9.17, 15) is 0 Å². The number of thioether (sulfide) groups is 1. The lowest BCUT2D eigenvalue weighted by Crippen LogP contribution is -2.47. The van der Waals surface area contributed by atoms with Gasteiger partial charge in [-0.25, -0.2) is 0 Å². The second-order valence-electron chi connectivity index (χ2n) is 4.92. The molecule has 2 N–H and O–H groups in total. The molecule has 2 aliphatic rings. The Morgan fingerprint density at radius 3 is 2.80 bits per heavy atom. The lowest BCUT2D eigenvalue weighted by molar-refractivity contribution is 0.147. The normalized spacial score (nSPS) is 37.6. The summed E-state index contributed by atoms with van der Waals surface area (Å²) in [5.74, 6) is 4.42. The van der Waals surface area contributed by atoms with E-state index >= 15 is 0 Å². The summed E-state index contributed by atoms with van der Waals surface area (Å²) in [5.41, 5.74) is 6.02. The number of likely N-dealkylation sites (tertiary alicyclic amines) is 1. The molecule has 90 valence electrons. The van der Waals surface area contributed by atoms with Crippen molar-refractivity contribution in [2.45, 2.75) is 25.8 Å². The van der Waals surface area contributed by atoms with Crippen LogP contribution in [0.5, 0.6) is 0 Å². The Balaban J connectivity index is 0.00000112. The van der Waals surface area contributed by atoms with E-state index in [0.29, 0.717) is 12.0 Å². The lowest BCUT2D eigenvalue weighted by atomic mass is 9.94. The monoisotopic (exact) mass is 250 g/mol. The topological polar surface area (TPSA) is 29.3 Å². The van der Waals surface area contributed by atoms with Crippen molar-refractivity contribution in [1.82, 2.24) is 4.90 Å². The van der Waals surface area contributed by atoms with Crippen molar-refractivity contribution in [3.63, 3.8) is 0 Å². The van der Waals surface area contributed by atoms with Crippen LogP contribution in [0.1, 0.15) is 19.8 Å². The third-order valence-corrected chi connectivity index (χ3v) is 4.83. The van der Waals surface area contributed by atoms with Crippen molar-refractivity contribution in [2.75, 3.05) is 31.1 Å². The minimum absolute atomic E-state index is 0. The zero-order valence-electron chi connectivity index (χ0n) is 9.52. The molecule has 3 atom stereocenters. The Hall–Kier alpha value is 0.560. The van der Waals surface area contributed by atoms with E-state index in [1.807, 2.05) is 0 Å². The summed E-state index contributed by atoms with van der Waals surface area (Å²) in [5, 5.41) is 0. The van der Waals surface area contributed by atoms with Gasteiger partial charge in [-0.15, -0.1) is 12.4 Å². The SMILES string of the molecule is CC1CN(CC2CCSC2)CCC1N.Cl. The zero-order chi connectivity index (χ0) is 9.97. The van der Waals surface area contributed by atoms with Gasteiger partial charge in [-0.05, 0) is 42.7 Å². The highest BCUT2D eigenvalue weighted by atomic mass is 35.5. The zero-order valence-corrected chi connectivity index (χ0v) is 11.2. The number of hydrogen-bond donors (Lipinski definition) is 1. The molecule has 2 fully saturated rings. The molecule has 2 heterocycles. The highest BCUT2D eigenvalue weighted by molar-refractivity contribution is 7.99. The summed E-state index contributed by atoms with van der Waals surface area (Å²) in [6.07, 6.45) is 2.63. The van der Waals surface area contributed by atoms with Gasteiger partial charge in [-0.1, -0.05) is 6.92 Å².